The summed E-state index contributed by atoms with van der Waals surface area (Å²) in [6, 6.07) is 0. The van der Waals surface area contributed by atoms with Gasteiger partial charge in [-0.1, -0.05) is 18.2 Å². The van der Waals surface area contributed by atoms with E-state index in [1.807, 2.05) is 6.08 Å². The van der Waals surface area contributed by atoms with Gasteiger partial charge in [0, 0.05) is 5.41 Å². The van der Waals surface area contributed by atoms with Gasteiger partial charge in [-0.2, -0.15) is 0 Å². The van der Waals surface area contributed by atoms with Crippen LogP contribution in [0.15, 0.2) is 23.6 Å². The third-order valence-corrected chi connectivity index (χ3v) is 4.63. The lowest BCUT2D eigenvalue weighted by Gasteiger charge is -2.25. The van der Waals surface area contributed by atoms with Gasteiger partial charge in [0.05, 0.1) is 5.25 Å². The fourth-order valence-corrected chi connectivity index (χ4v) is 3.79. The van der Waals surface area contributed by atoms with Gasteiger partial charge < -0.3 is 0 Å². The van der Waals surface area contributed by atoms with Crippen LogP contribution in [0.4, 0.5) is 0 Å². The average molecular weight is 184 g/mol. The van der Waals surface area contributed by atoms with Crippen LogP contribution in [0.2, 0.25) is 0 Å². The molecule has 0 aromatic heterocycles. The summed E-state index contributed by atoms with van der Waals surface area (Å²) < 4.78 is 22.8. The minimum atomic E-state index is -2.92. The topological polar surface area (TPSA) is 34.1 Å². The molecule has 0 saturated heterocycles. The molecule has 0 amide bonds. The molecular weight excluding hydrogens is 172 g/mol. The fourth-order valence-electron chi connectivity index (χ4n) is 1.99. The zero-order chi connectivity index (χ0) is 8.77. The van der Waals surface area contributed by atoms with Crippen molar-refractivity contribution in [2.45, 2.75) is 24.5 Å². The number of allylic oxidation sites excluding steroid dienone is 2. The van der Waals surface area contributed by atoms with Crippen LogP contribution in [0.3, 0.4) is 0 Å². The van der Waals surface area contributed by atoms with Gasteiger partial charge in [0.25, 0.3) is 0 Å². The van der Waals surface area contributed by atoms with E-state index in [0.717, 1.165) is 18.4 Å². The minimum absolute atomic E-state index is 0.182. The molecule has 1 aliphatic carbocycles. The number of hydrogen-bond donors (Lipinski definition) is 0. The van der Waals surface area contributed by atoms with Crippen molar-refractivity contribution in [1.29, 1.82) is 0 Å². The van der Waals surface area contributed by atoms with Gasteiger partial charge in [0.1, 0.15) is 0 Å². The summed E-state index contributed by atoms with van der Waals surface area (Å²) in [4.78, 5) is 0. The molecule has 0 spiro atoms. The summed E-state index contributed by atoms with van der Waals surface area (Å²) in [6.45, 7) is 3.85. The third-order valence-electron chi connectivity index (χ3n) is 2.74. The van der Waals surface area contributed by atoms with Gasteiger partial charge in [-0.25, -0.2) is 8.42 Å². The Morgan fingerprint density at radius 3 is 3.00 bits per heavy atom. The quantitative estimate of drug-likeness (QED) is 0.536. The predicted molar refractivity (Wildman–Crippen MR) is 48.3 cm³/mol. The number of fused-ring (bicyclic) bond motifs is 1. The smallest absolute Gasteiger partial charge is 0.175 e. The van der Waals surface area contributed by atoms with Crippen molar-refractivity contribution >= 4 is 9.84 Å². The molecule has 0 aromatic carbocycles. The highest BCUT2D eigenvalue weighted by atomic mass is 32.2. The van der Waals surface area contributed by atoms with E-state index in [-0.39, 0.29) is 11.2 Å². The summed E-state index contributed by atoms with van der Waals surface area (Å²) in [5.74, 6) is 0.264. The first kappa shape index (κ1) is 8.05. The van der Waals surface area contributed by atoms with Crippen LogP contribution in [0, 0.1) is 5.92 Å². The fraction of sp³-hybridized carbons (Fsp3) is 0.556. The third kappa shape index (κ3) is 1.12. The molecule has 1 aliphatic heterocycles. The Morgan fingerprint density at radius 2 is 2.25 bits per heavy atom. The molecule has 2 nitrogen and oxygen atoms in total. The molecule has 1 saturated carbocycles. The summed E-state index contributed by atoms with van der Waals surface area (Å²) in [6.07, 6.45) is 4.45. The molecule has 0 bridgehead atoms. The van der Waals surface area contributed by atoms with Crippen molar-refractivity contribution < 1.29 is 8.42 Å². The maximum absolute atomic E-state index is 11.4. The van der Waals surface area contributed by atoms with Gasteiger partial charge in [-0.3, -0.25) is 0 Å². The van der Waals surface area contributed by atoms with Gasteiger partial charge in [-0.05, 0) is 25.2 Å². The molecule has 2 aliphatic rings. The Kier molecular flexibility index (Phi) is 1.65. The van der Waals surface area contributed by atoms with Gasteiger partial charge in [0.2, 0.25) is 0 Å². The predicted octanol–water partition coefficient (Wildman–Crippen LogP) is 1.65. The van der Waals surface area contributed by atoms with E-state index in [0.29, 0.717) is 6.42 Å². The molecule has 2 atom stereocenters. The second-order valence-corrected chi connectivity index (χ2v) is 5.67. The molecule has 12 heavy (non-hydrogen) atoms. The maximum atomic E-state index is 11.4. The Balaban J connectivity index is 2.31. The normalized spacial score (nSPS) is 38.2. The molecule has 2 rings (SSSR count). The van der Waals surface area contributed by atoms with Crippen LogP contribution in [-0.2, 0) is 9.84 Å². The Labute approximate surface area is 72.9 Å². The SMILES string of the molecule is C=C1CCC2C=CS(=O)(=O)C2C1. The average Bonchev–Trinajstić information content (AvgIpc) is 2.28. The first-order valence-electron chi connectivity index (χ1n) is 4.18. The van der Waals surface area contributed by atoms with E-state index < -0.39 is 9.84 Å². The zero-order valence-corrected chi connectivity index (χ0v) is 7.68. The van der Waals surface area contributed by atoms with Crippen molar-refractivity contribution in [3.8, 4) is 0 Å². The van der Waals surface area contributed by atoms with Gasteiger partial charge >= 0.3 is 0 Å². The second-order valence-electron chi connectivity index (χ2n) is 3.61. The summed E-state index contributed by atoms with van der Waals surface area (Å²) in [5, 5.41) is 1.19. The number of sulfone groups is 1. The lowest BCUT2D eigenvalue weighted by molar-refractivity contribution is 0.484. The Morgan fingerprint density at radius 1 is 1.50 bits per heavy atom. The van der Waals surface area contributed by atoms with E-state index in [1.165, 1.54) is 5.41 Å². The van der Waals surface area contributed by atoms with Crippen molar-refractivity contribution in [2.75, 3.05) is 0 Å². The summed E-state index contributed by atoms with van der Waals surface area (Å²) in [7, 11) is -2.92. The number of hydrogen-bond acceptors (Lipinski definition) is 2. The summed E-state index contributed by atoms with van der Waals surface area (Å²) in [5.41, 5.74) is 1.09. The minimum Gasteiger partial charge on any atom is -0.224 e. The lowest BCUT2D eigenvalue weighted by atomic mass is 9.86. The first-order chi connectivity index (χ1) is 5.59. The highest BCUT2D eigenvalue weighted by Gasteiger charge is 2.37. The number of rotatable bonds is 0. The molecule has 66 valence electrons. The molecule has 0 aromatic rings. The van der Waals surface area contributed by atoms with Gasteiger partial charge in [0.15, 0.2) is 9.84 Å². The van der Waals surface area contributed by atoms with E-state index in [9.17, 15) is 8.42 Å². The molecule has 2 unspecified atom stereocenters. The zero-order valence-electron chi connectivity index (χ0n) is 6.86. The first-order valence-corrected chi connectivity index (χ1v) is 5.79. The van der Waals surface area contributed by atoms with E-state index in [1.54, 1.807) is 0 Å². The van der Waals surface area contributed by atoms with Crippen LogP contribution in [0.25, 0.3) is 0 Å². The second kappa shape index (κ2) is 2.46. The standard InChI is InChI=1S/C9H12O2S/c1-7-2-3-8-4-5-12(10,11)9(8)6-7/h4-5,8-9H,1-3,6H2. The molecule has 0 radical (unpaired) electrons. The highest BCUT2D eigenvalue weighted by molar-refractivity contribution is 7.95. The van der Waals surface area contributed by atoms with Crippen molar-refractivity contribution in [1.82, 2.24) is 0 Å². The highest BCUT2D eigenvalue weighted by Crippen LogP contribution is 2.37. The molecule has 1 fully saturated rings. The molecule has 1 heterocycles. The van der Waals surface area contributed by atoms with Crippen molar-refractivity contribution in [2.24, 2.45) is 5.92 Å². The van der Waals surface area contributed by atoms with Crippen LogP contribution >= 0.6 is 0 Å². The maximum Gasteiger partial charge on any atom is 0.175 e. The van der Waals surface area contributed by atoms with Crippen molar-refractivity contribution in [3.05, 3.63) is 23.6 Å². The summed E-state index contributed by atoms with van der Waals surface area (Å²) >= 11 is 0. The largest absolute Gasteiger partial charge is 0.224 e. The van der Waals surface area contributed by atoms with E-state index in [2.05, 4.69) is 6.58 Å². The molecule has 3 heteroatoms. The van der Waals surface area contributed by atoms with Crippen LogP contribution < -0.4 is 0 Å². The van der Waals surface area contributed by atoms with Crippen LogP contribution in [-0.4, -0.2) is 13.7 Å². The molecular formula is C9H12O2S. The van der Waals surface area contributed by atoms with Crippen LogP contribution in [0.5, 0.6) is 0 Å². The monoisotopic (exact) mass is 184 g/mol. The Bertz CT molecular complexity index is 338. The van der Waals surface area contributed by atoms with E-state index >= 15 is 0 Å². The van der Waals surface area contributed by atoms with Crippen LogP contribution in [0.1, 0.15) is 19.3 Å². The Hall–Kier alpha value is -0.570. The lowest BCUT2D eigenvalue weighted by Crippen LogP contribution is -2.26. The van der Waals surface area contributed by atoms with Crippen molar-refractivity contribution in [3.63, 3.8) is 0 Å². The van der Waals surface area contributed by atoms with E-state index in [4.69, 9.17) is 0 Å². The molecule has 0 N–H and O–H groups in total. The van der Waals surface area contributed by atoms with Gasteiger partial charge in [-0.15, -0.1) is 0 Å².